The molecule has 0 aliphatic heterocycles. The minimum atomic E-state index is 0.459. The monoisotopic (exact) mass is 246 g/mol. The van der Waals surface area contributed by atoms with Crippen LogP contribution in [0.5, 0.6) is 0 Å². The molecule has 0 amide bonds. The number of nitrogens with one attached hydrogen (secondary N) is 1. The largest absolute Gasteiger partial charge is 0.309 e. The maximum Gasteiger partial charge on any atom is 0.0451 e. The molecule has 1 unspecified atom stereocenters. The summed E-state index contributed by atoms with van der Waals surface area (Å²) in [6.07, 6.45) is 2.75. The number of rotatable bonds is 6. The van der Waals surface area contributed by atoms with Crippen LogP contribution in [0.25, 0.3) is 0 Å². The summed E-state index contributed by atoms with van der Waals surface area (Å²) in [5.74, 6) is 0. The van der Waals surface area contributed by atoms with E-state index in [-0.39, 0.29) is 0 Å². The summed E-state index contributed by atoms with van der Waals surface area (Å²) in [7, 11) is 2.26. The van der Waals surface area contributed by atoms with Crippen LogP contribution in [0.2, 0.25) is 0 Å². The van der Waals surface area contributed by atoms with Crippen molar-refractivity contribution < 1.29 is 0 Å². The molecule has 2 nitrogen and oxygen atoms in total. The Morgan fingerprint density at radius 2 is 2.06 bits per heavy atom. The van der Waals surface area contributed by atoms with E-state index in [1.165, 1.54) is 29.5 Å². The van der Waals surface area contributed by atoms with Crippen LogP contribution in [0.4, 0.5) is 0 Å². The number of hydrogen-bond donors (Lipinski definition) is 1. The summed E-state index contributed by atoms with van der Waals surface area (Å²) >= 11 is 0. The summed E-state index contributed by atoms with van der Waals surface area (Å²) in [6, 6.07) is 8.09. The van der Waals surface area contributed by atoms with Gasteiger partial charge in [0.15, 0.2) is 0 Å². The Morgan fingerprint density at radius 3 is 2.61 bits per heavy atom. The van der Waals surface area contributed by atoms with E-state index < -0.39 is 0 Å². The minimum absolute atomic E-state index is 0.459. The zero-order valence-electron chi connectivity index (χ0n) is 12.2. The fraction of sp³-hybridized carbons (Fsp3) is 0.625. The standard InChI is InChI=1S/C16H26N2/c1-5-17-16(11-18(4)14-7-8-14)15-9-6-12(2)10-13(15)3/h6,9-10,14,16-17H,5,7-8,11H2,1-4H3. The van der Waals surface area contributed by atoms with Gasteiger partial charge < -0.3 is 10.2 Å². The molecule has 0 heterocycles. The van der Waals surface area contributed by atoms with Gasteiger partial charge in [-0.05, 0) is 51.4 Å². The molecule has 100 valence electrons. The van der Waals surface area contributed by atoms with Crippen LogP contribution >= 0.6 is 0 Å². The van der Waals surface area contributed by atoms with E-state index in [1.54, 1.807) is 0 Å². The Kier molecular flexibility index (Phi) is 4.41. The SMILES string of the molecule is CCNC(CN(C)C1CC1)c1ccc(C)cc1C. The fourth-order valence-corrected chi connectivity index (χ4v) is 2.69. The highest BCUT2D eigenvalue weighted by Crippen LogP contribution is 2.28. The molecule has 2 rings (SSSR count). The van der Waals surface area contributed by atoms with Crippen molar-refractivity contribution >= 4 is 0 Å². The molecule has 0 bridgehead atoms. The Bertz CT molecular complexity index is 396. The Labute approximate surface area is 111 Å². The summed E-state index contributed by atoms with van der Waals surface area (Å²) in [6.45, 7) is 8.71. The second-order valence-electron chi connectivity index (χ2n) is 5.64. The summed E-state index contributed by atoms with van der Waals surface area (Å²) in [5.41, 5.74) is 4.21. The first-order chi connectivity index (χ1) is 8.61. The third kappa shape index (κ3) is 3.33. The van der Waals surface area contributed by atoms with Gasteiger partial charge >= 0.3 is 0 Å². The normalized spacial score (nSPS) is 17.2. The van der Waals surface area contributed by atoms with Crippen LogP contribution in [-0.4, -0.2) is 31.1 Å². The first kappa shape index (κ1) is 13.6. The lowest BCUT2D eigenvalue weighted by atomic mass is 9.98. The Balaban J connectivity index is 2.11. The molecule has 1 aromatic carbocycles. The molecule has 18 heavy (non-hydrogen) atoms. The predicted octanol–water partition coefficient (Wildman–Crippen LogP) is 3.05. The molecule has 1 saturated carbocycles. The molecule has 1 atom stereocenters. The van der Waals surface area contributed by atoms with Crippen molar-refractivity contribution in [3.63, 3.8) is 0 Å². The average Bonchev–Trinajstić information content (AvgIpc) is 3.12. The maximum atomic E-state index is 3.63. The molecular weight excluding hydrogens is 220 g/mol. The van der Waals surface area contributed by atoms with Crippen molar-refractivity contribution in [2.75, 3.05) is 20.1 Å². The topological polar surface area (TPSA) is 15.3 Å². The molecule has 1 aromatic rings. The second-order valence-corrected chi connectivity index (χ2v) is 5.64. The Hall–Kier alpha value is -0.860. The molecule has 0 aromatic heterocycles. The highest BCUT2D eigenvalue weighted by molar-refractivity contribution is 5.33. The fourth-order valence-electron chi connectivity index (χ4n) is 2.69. The van der Waals surface area contributed by atoms with Gasteiger partial charge in [0, 0.05) is 18.6 Å². The van der Waals surface area contributed by atoms with E-state index in [4.69, 9.17) is 0 Å². The van der Waals surface area contributed by atoms with E-state index in [2.05, 4.69) is 56.2 Å². The molecule has 0 radical (unpaired) electrons. The summed E-state index contributed by atoms with van der Waals surface area (Å²) in [4.78, 5) is 2.51. The lowest BCUT2D eigenvalue weighted by Crippen LogP contribution is -2.34. The molecule has 2 heteroatoms. The van der Waals surface area contributed by atoms with Crippen molar-refractivity contribution in [3.8, 4) is 0 Å². The average molecular weight is 246 g/mol. The first-order valence-electron chi connectivity index (χ1n) is 7.12. The molecular formula is C16H26N2. The molecule has 1 aliphatic carbocycles. The molecule has 1 fully saturated rings. The van der Waals surface area contributed by atoms with Crippen LogP contribution in [0.3, 0.4) is 0 Å². The van der Waals surface area contributed by atoms with E-state index in [0.717, 1.165) is 19.1 Å². The maximum absolute atomic E-state index is 3.63. The predicted molar refractivity (Wildman–Crippen MR) is 78.0 cm³/mol. The molecule has 0 spiro atoms. The van der Waals surface area contributed by atoms with Crippen molar-refractivity contribution in [2.24, 2.45) is 0 Å². The lowest BCUT2D eigenvalue weighted by molar-refractivity contribution is 0.283. The minimum Gasteiger partial charge on any atom is -0.309 e. The highest BCUT2D eigenvalue weighted by atomic mass is 15.2. The zero-order valence-corrected chi connectivity index (χ0v) is 12.2. The first-order valence-corrected chi connectivity index (χ1v) is 7.12. The van der Waals surface area contributed by atoms with Gasteiger partial charge in [-0.1, -0.05) is 30.7 Å². The van der Waals surface area contributed by atoms with Gasteiger partial charge in [0.2, 0.25) is 0 Å². The van der Waals surface area contributed by atoms with Gasteiger partial charge in [-0.3, -0.25) is 0 Å². The highest BCUT2D eigenvalue weighted by Gasteiger charge is 2.28. The van der Waals surface area contributed by atoms with Gasteiger partial charge in [-0.2, -0.15) is 0 Å². The molecule has 1 N–H and O–H groups in total. The third-order valence-corrected chi connectivity index (χ3v) is 3.89. The van der Waals surface area contributed by atoms with Gasteiger partial charge in [0.25, 0.3) is 0 Å². The van der Waals surface area contributed by atoms with Crippen LogP contribution < -0.4 is 5.32 Å². The number of nitrogens with zero attached hydrogens (tertiary/aromatic N) is 1. The van der Waals surface area contributed by atoms with E-state index >= 15 is 0 Å². The van der Waals surface area contributed by atoms with Crippen LogP contribution in [0.1, 0.15) is 42.5 Å². The van der Waals surface area contributed by atoms with E-state index in [9.17, 15) is 0 Å². The van der Waals surface area contributed by atoms with Gasteiger partial charge in [-0.25, -0.2) is 0 Å². The van der Waals surface area contributed by atoms with Crippen LogP contribution in [0, 0.1) is 13.8 Å². The second kappa shape index (κ2) is 5.85. The van der Waals surface area contributed by atoms with Crippen LogP contribution in [0.15, 0.2) is 18.2 Å². The number of hydrogen-bond acceptors (Lipinski definition) is 2. The van der Waals surface area contributed by atoms with E-state index in [1.807, 2.05) is 0 Å². The number of benzene rings is 1. The molecule has 0 saturated heterocycles. The van der Waals surface area contributed by atoms with Gasteiger partial charge in [0.1, 0.15) is 0 Å². The summed E-state index contributed by atoms with van der Waals surface area (Å²) in [5, 5.41) is 3.63. The number of aryl methyl sites for hydroxylation is 2. The van der Waals surface area contributed by atoms with Gasteiger partial charge in [-0.15, -0.1) is 0 Å². The third-order valence-electron chi connectivity index (χ3n) is 3.89. The van der Waals surface area contributed by atoms with Gasteiger partial charge in [0.05, 0.1) is 0 Å². The molecule has 1 aliphatic rings. The Morgan fingerprint density at radius 1 is 1.33 bits per heavy atom. The number of likely N-dealkylation sites (N-methyl/N-ethyl adjacent to an activating group) is 2. The quantitative estimate of drug-likeness (QED) is 0.830. The van der Waals surface area contributed by atoms with E-state index in [0.29, 0.717) is 6.04 Å². The van der Waals surface area contributed by atoms with Crippen LogP contribution in [-0.2, 0) is 0 Å². The zero-order chi connectivity index (χ0) is 13.1. The van der Waals surface area contributed by atoms with Crippen molar-refractivity contribution in [1.82, 2.24) is 10.2 Å². The van der Waals surface area contributed by atoms with Crippen molar-refractivity contribution in [2.45, 2.75) is 45.7 Å². The lowest BCUT2D eigenvalue weighted by Gasteiger charge is -2.26. The smallest absolute Gasteiger partial charge is 0.0451 e. The summed E-state index contributed by atoms with van der Waals surface area (Å²) < 4.78 is 0. The van der Waals surface area contributed by atoms with Crippen molar-refractivity contribution in [3.05, 3.63) is 34.9 Å². The van der Waals surface area contributed by atoms with Crippen molar-refractivity contribution in [1.29, 1.82) is 0 Å².